The van der Waals surface area contributed by atoms with E-state index in [0.717, 1.165) is 43.0 Å². The number of hydrogen-bond acceptors (Lipinski definition) is 4. The topological polar surface area (TPSA) is 62.5 Å². The average molecular weight is 315 g/mol. The van der Waals surface area contributed by atoms with Gasteiger partial charge in [0.1, 0.15) is 5.52 Å². The van der Waals surface area contributed by atoms with Gasteiger partial charge >= 0.3 is 0 Å². The molecule has 1 saturated heterocycles. The maximum atomic E-state index is 12.3. The molecule has 3 rings (SSSR count). The van der Waals surface area contributed by atoms with Crippen LogP contribution in [0.25, 0.3) is 5.52 Å². The molecule has 1 aliphatic heterocycles. The Kier molecular flexibility index (Phi) is 4.00. The lowest BCUT2D eigenvalue weighted by molar-refractivity contribution is -0.140. The van der Waals surface area contributed by atoms with E-state index >= 15 is 0 Å². The molecule has 0 aliphatic carbocycles. The third-order valence-electron chi connectivity index (χ3n) is 4.28. The second-order valence-electron chi connectivity index (χ2n) is 7.35. The highest BCUT2D eigenvalue weighted by molar-refractivity contribution is 5.81. The highest BCUT2D eigenvalue weighted by atomic mass is 16.2. The molecule has 0 spiro atoms. The molecule has 3 heterocycles. The maximum Gasteiger partial charge on any atom is 0.227 e. The highest BCUT2D eigenvalue weighted by Crippen LogP contribution is 2.23. The minimum absolute atomic E-state index is 0.239. The number of aromatic nitrogens is 3. The molecule has 6 heteroatoms. The number of rotatable bonds is 2. The van der Waals surface area contributed by atoms with E-state index in [1.807, 2.05) is 49.4 Å². The molecule has 0 unspecified atom stereocenters. The Hall–Kier alpha value is -2.11. The van der Waals surface area contributed by atoms with E-state index in [2.05, 4.69) is 15.4 Å². The SMILES string of the molecule is Cc1cc2c(NC3CCN(C(=O)C(C)(C)C)CC3)nccn2n1. The van der Waals surface area contributed by atoms with Crippen molar-refractivity contribution >= 4 is 17.2 Å². The lowest BCUT2D eigenvalue weighted by Crippen LogP contribution is -2.46. The Morgan fingerprint density at radius 2 is 2.00 bits per heavy atom. The van der Waals surface area contributed by atoms with Gasteiger partial charge in [-0.25, -0.2) is 9.50 Å². The molecule has 2 aromatic rings. The van der Waals surface area contributed by atoms with Gasteiger partial charge in [0.05, 0.1) is 5.69 Å². The molecule has 1 fully saturated rings. The van der Waals surface area contributed by atoms with Crippen LogP contribution in [0.4, 0.5) is 5.82 Å². The second kappa shape index (κ2) is 5.83. The molecule has 0 aromatic carbocycles. The molecule has 0 saturated carbocycles. The van der Waals surface area contributed by atoms with Crippen molar-refractivity contribution < 1.29 is 4.79 Å². The summed E-state index contributed by atoms with van der Waals surface area (Å²) in [5, 5.41) is 7.94. The van der Waals surface area contributed by atoms with E-state index in [4.69, 9.17) is 0 Å². The molecule has 124 valence electrons. The quantitative estimate of drug-likeness (QED) is 0.925. The number of aryl methyl sites for hydroxylation is 1. The number of hydrogen-bond donors (Lipinski definition) is 1. The molecular formula is C17H25N5O. The number of piperidine rings is 1. The number of nitrogens with one attached hydrogen (secondary N) is 1. The number of nitrogens with zero attached hydrogens (tertiary/aromatic N) is 4. The van der Waals surface area contributed by atoms with Crippen molar-refractivity contribution in [2.45, 2.75) is 46.6 Å². The van der Waals surface area contributed by atoms with Crippen LogP contribution in [0.5, 0.6) is 0 Å². The molecule has 2 aromatic heterocycles. The smallest absolute Gasteiger partial charge is 0.227 e. The van der Waals surface area contributed by atoms with Crippen LogP contribution in [0, 0.1) is 12.3 Å². The van der Waals surface area contributed by atoms with Gasteiger partial charge in [-0.1, -0.05) is 20.8 Å². The molecule has 6 nitrogen and oxygen atoms in total. The normalized spacial score (nSPS) is 16.8. The van der Waals surface area contributed by atoms with Crippen molar-refractivity contribution in [3.05, 3.63) is 24.2 Å². The number of carbonyl (C=O) groups is 1. The first-order chi connectivity index (χ1) is 10.8. The Morgan fingerprint density at radius 1 is 1.30 bits per heavy atom. The molecule has 0 atom stereocenters. The zero-order valence-corrected chi connectivity index (χ0v) is 14.3. The van der Waals surface area contributed by atoms with Gasteiger partial charge in [0.25, 0.3) is 0 Å². The van der Waals surface area contributed by atoms with Crippen LogP contribution in [0.15, 0.2) is 18.5 Å². The van der Waals surface area contributed by atoms with Gasteiger partial charge in [0.15, 0.2) is 5.82 Å². The monoisotopic (exact) mass is 315 g/mol. The van der Waals surface area contributed by atoms with Gasteiger partial charge in [-0.3, -0.25) is 4.79 Å². The predicted molar refractivity (Wildman–Crippen MR) is 90.4 cm³/mol. The molecular weight excluding hydrogens is 290 g/mol. The zero-order chi connectivity index (χ0) is 16.6. The number of amides is 1. The van der Waals surface area contributed by atoms with E-state index < -0.39 is 0 Å². The fourth-order valence-electron chi connectivity index (χ4n) is 3.05. The van der Waals surface area contributed by atoms with Crippen molar-refractivity contribution in [3.8, 4) is 0 Å². The minimum atomic E-state index is -0.303. The van der Waals surface area contributed by atoms with Crippen molar-refractivity contribution in [3.63, 3.8) is 0 Å². The summed E-state index contributed by atoms with van der Waals surface area (Å²) >= 11 is 0. The van der Waals surface area contributed by atoms with Gasteiger partial charge in [0.2, 0.25) is 5.91 Å². The zero-order valence-electron chi connectivity index (χ0n) is 14.3. The summed E-state index contributed by atoms with van der Waals surface area (Å²) in [5.41, 5.74) is 1.67. The highest BCUT2D eigenvalue weighted by Gasteiger charge is 2.30. The summed E-state index contributed by atoms with van der Waals surface area (Å²) in [6.45, 7) is 9.52. The summed E-state index contributed by atoms with van der Waals surface area (Å²) in [5.74, 6) is 1.11. The molecule has 1 aliphatic rings. The predicted octanol–water partition coefficient (Wildman–Crippen LogP) is 2.49. The first-order valence-corrected chi connectivity index (χ1v) is 8.21. The van der Waals surface area contributed by atoms with Crippen molar-refractivity contribution in [1.29, 1.82) is 0 Å². The molecule has 1 amide bonds. The summed E-state index contributed by atoms with van der Waals surface area (Å²) < 4.78 is 1.85. The number of anilines is 1. The van der Waals surface area contributed by atoms with E-state index in [1.165, 1.54) is 0 Å². The van der Waals surface area contributed by atoms with E-state index in [0.29, 0.717) is 6.04 Å². The summed E-state index contributed by atoms with van der Waals surface area (Å²) in [6, 6.07) is 2.38. The molecule has 23 heavy (non-hydrogen) atoms. The number of fused-ring (bicyclic) bond motifs is 1. The third-order valence-corrected chi connectivity index (χ3v) is 4.28. The van der Waals surface area contributed by atoms with Gasteiger partial charge in [-0.2, -0.15) is 5.10 Å². The van der Waals surface area contributed by atoms with E-state index in [-0.39, 0.29) is 11.3 Å². The fraction of sp³-hybridized carbons (Fsp3) is 0.588. The summed E-state index contributed by atoms with van der Waals surface area (Å²) in [7, 11) is 0. The molecule has 0 bridgehead atoms. The van der Waals surface area contributed by atoms with Crippen molar-refractivity contribution in [1.82, 2.24) is 19.5 Å². The second-order valence-corrected chi connectivity index (χ2v) is 7.35. The summed E-state index contributed by atoms with van der Waals surface area (Å²) in [4.78, 5) is 18.8. The van der Waals surface area contributed by atoms with Crippen LogP contribution in [-0.2, 0) is 4.79 Å². The van der Waals surface area contributed by atoms with Crippen LogP contribution >= 0.6 is 0 Å². The van der Waals surface area contributed by atoms with Crippen LogP contribution in [0.2, 0.25) is 0 Å². The standard InChI is InChI=1S/C17H25N5O/c1-12-11-14-15(18-7-10-22(14)20-12)19-13-5-8-21(9-6-13)16(23)17(2,3)4/h7,10-11,13H,5-6,8-9H2,1-4H3,(H,18,19). The van der Waals surface area contributed by atoms with Crippen LogP contribution in [-0.4, -0.2) is 44.5 Å². The van der Waals surface area contributed by atoms with Gasteiger partial charge in [-0.15, -0.1) is 0 Å². The van der Waals surface area contributed by atoms with Crippen LogP contribution < -0.4 is 5.32 Å². The number of carbonyl (C=O) groups excluding carboxylic acids is 1. The van der Waals surface area contributed by atoms with E-state index in [9.17, 15) is 4.79 Å². The van der Waals surface area contributed by atoms with Crippen LogP contribution in [0.3, 0.4) is 0 Å². The molecule has 1 N–H and O–H groups in total. The van der Waals surface area contributed by atoms with Crippen molar-refractivity contribution in [2.75, 3.05) is 18.4 Å². The molecule has 0 radical (unpaired) electrons. The maximum absolute atomic E-state index is 12.3. The fourth-order valence-corrected chi connectivity index (χ4v) is 3.05. The van der Waals surface area contributed by atoms with Crippen molar-refractivity contribution in [2.24, 2.45) is 5.41 Å². The Bertz CT molecular complexity index is 707. The first kappa shape index (κ1) is 15.8. The lowest BCUT2D eigenvalue weighted by atomic mass is 9.93. The third kappa shape index (κ3) is 3.30. The Labute approximate surface area is 136 Å². The Morgan fingerprint density at radius 3 is 2.65 bits per heavy atom. The largest absolute Gasteiger partial charge is 0.365 e. The average Bonchev–Trinajstić information content (AvgIpc) is 2.88. The van der Waals surface area contributed by atoms with E-state index in [1.54, 1.807) is 6.20 Å². The van der Waals surface area contributed by atoms with Crippen LogP contribution in [0.1, 0.15) is 39.3 Å². The number of likely N-dealkylation sites (tertiary alicyclic amines) is 1. The summed E-state index contributed by atoms with van der Waals surface area (Å²) in [6.07, 6.45) is 5.51. The van der Waals surface area contributed by atoms with Gasteiger partial charge in [-0.05, 0) is 25.8 Å². The first-order valence-electron chi connectivity index (χ1n) is 8.21. The van der Waals surface area contributed by atoms with Gasteiger partial charge in [0, 0.05) is 36.9 Å². The Balaban J connectivity index is 1.65. The lowest BCUT2D eigenvalue weighted by Gasteiger charge is -2.36. The minimum Gasteiger partial charge on any atom is -0.365 e. The van der Waals surface area contributed by atoms with Gasteiger partial charge < -0.3 is 10.2 Å².